The Balaban J connectivity index is 2.70. The predicted molar refractivity (Wildman–Crippen MR) is 64.7 cm³/mol. The van der Waals surface area contributed by atoms with Crippen molar-refractivity contribution in [2.45, 2.75) is 6.42 Å². The monoisotopic (exact) mass is 245 g/mol. The summed E-state index contributed by atoms with van der Waals surface area (Å²) < 4.78 is 5.34. The molecule has 82 valence electrons. The Bertz CT molecular complexity index is 352. The highest BCUT2D eigenvalue weighted by molar-refractivity contribution is 6.32. The third-order valence-electron chi connectivity index (χ3n) is 1.81. The molecule has 0 atom stereocenters. The van der Waals surface area contributed by atoms with Gasteiger partial charge in [0.05, 0.1) is 5.02 Å². The lowest BCUT2D eigenvalue weighted by Gasteiger charge is -2.08. The summed E-state index contributed by atoms with van der Waals surface area (Å²) in [5.41, 5.74) is 6.54. The molecular weight excluding hydrogens is 233 g/mol. The Hall–Kier alpha value is -0.700. The van der Waals surface area contributed by atoms with Crippen molar-refractivity contribution in [3.63, 3.8) is 0 Å². The van der Waals surface area contributed by atoms with Crippen LogP contribution in [0.3, 0.4) is 0 Å². The second-order valence-electron chi connectivity index (χ2n) is 3.11. The number of benzene rings is 1. The normalized spacial score (nSPS) is 10.1. The van der Waals surface area contributed by atoms with Gasteiger partial charge in [-0.15, -0.1) is 0 Å². The minimum absolute atomic E-state index is 0.261. The molecule has 4 heteroatoms. The number of ether oxygens (including phenoxy) is 1. The highest BCUT2D eigenvalue weighted by Gasteiger charge is 2.03. The summed E-state index contributed by atoms with van der Waals surface area (Å²) in [6.07, 6.45) is 0.808. The number of hydrogen-bond acceptors (Lipinski definition) is 2. The van der Waals surface area contributed by atoms with Gasteiger partial charge in [-0.1, -0.05) is 35.8 Å². The van der Waals surface area contributed by atoms with Gasteiger partial charge in [-0.05, 0) is 30.7 Å². The highest BCUT2D eigenvalue weighted by Crippen LogP contribution is 2.26. The molecule has 15 heavy (non-hydrogen) atoms. The van der Waals surface area contributed by atoms with Gasteiger partial charge in [0.15, 0.2) is 0 Å². The van der Waals surface area contributed by atoms with Crippen molar-refractivity contribution < 1.29 is 4.74 Å². The molecule has 0 saturated carbocycles. The SMILES string of the molecule is C=C(Cl)COc1ccc(CCN)cc1Cl. The van der Waals surface area contributed by atoms with Crippen molar-refractivity contribution >= 4 is 23.2 Å². The minimum Gasteiger partial charge on any atom is -0.486 e. The van der Waals surface area contributed by atoms with Gasteiger partial charge in [-0.3, -0.25) is 0 Å². The molecule has 0 fully saturated rings. The topological polar surface area (TPSA) is 35.2 Å². The second-order valence-corrected chi connectivity index (χ2v) is 4.05. The van der Waals surface area contributed by atoms with Crippen LogP contribution in [0.4, 0.5) is 0 Å². The van der Waals surface area contributed by atoms with E-state index in [-0.39, 0.29) is 6.61 Å². The van der Waals surface area contributed by atoms with Crippen LogP contribution in [-0.2, 0) is 6.42 Å². The lowest BCUT2D eigenvalue weighted by molar-refractivity contribution is 0.359. The summed E-state index contributed by atoms with van der Waals surface area (Å²) in [5.74, 6) is 0.610. The average molecular weight is 246 g/mol. The van der Waals surface area contributed by atoms with Crippen molar-refractivity contribution in [1.29, 1.82) is 0 Å². The maximum Gasteiger partial charge on any atom is 0.138 e. The summed E-state index contributed by atoms with van der Waals surface area (Å²) in [6.45, 7) is 4.40. The van der Waals surface area contributed by atoms with Crippen LogP contribution in [0.1, 0.15) is 5.56 Å². The first-order valence-electron chi connectivity index (χ1n) is 4.58. The van der Waals surface area contributed by atoms with Gasteiger partial charge in [0.25, 0.3) is 0 Å². The van der Waals surface area contributed by atoms with Crippen molar-refractivity contribution in [3.8, 4) is 5.75 Å². The lowest BCUT2D eigenvalue weighted by Crippen LogP contribution is -2.03. The van der Waals surface area contributed by atoms with E-state index in [0.717, 1.165) is 12.0 Å². The summed E-state index contributed by atoms with van der Waals surface area (Å²) in [6, 6.07) is 5.60. The maximum atomic E-state index is 6.01. The Morgan fingerprint density at radius 1 is 1.47 bits per heavy atom. The number of nitrogens with two attached hydrogens (primary N) is 1. The molecule has 0 saturated heterocycles. The molecular formula is C11H13Cl2NO. The molecule has 2 N–H and O–H groups in total. The molecule has 0 aliphatic heterocycles. The van der Waals surface area contributed by atoms with Crippen molar-refractivity contribution in [1.82, 2.24) is 0 Å². The Morgan fingerprint density at radius 3 is 2.73 bits per heavy atom. The van der Waals surface area contributed by atoms with Gasteiger partial charge in [0, 0.05) is 5.03 Å². The van der Waals surface area contributed by atoms with E-state index in [1.165, 1.54) is 0 Å². The summed E-state index contributed by atoms with van der Waals surface area (Å²) in [4.78, 5) is 0. The van der Waals surface area contributed by atoms with E-state index in [4.69, 9.17) is 33.7 Å². The van der Waals surface area contributed by atoms with Crippen LogP contribution in [0.25, 0.3) is 0 Å². The van der Waals surface area contributed by atoms with Crippen LogP contribution < -0.4 is 10.5 Å². The fourth-order valence-electron chi connectivity index (χ4n) is 1.14. The molecule has 0 aromatic heterocycles. The number of hydrogen-bond donors (Lipinski definition) is 1. The third kappa shape index (κ3) is 4.12. The van der Waals surface area contributed by atoms with Crippen molar-refractivity contribution in [3.05, 3.63) is 40.4 Å². The van der Waals surface area contributed by atoms with E-state index in [2.05, 4.69) is 6.58 Å². The first-order valence-corrected chi connectivity index (χ1v) is 5.33. The van der Waals surface area contributed by atoms with E-state index in [1.807, 2.05) is 18.2 Å². The van der Waals surface area contributed by atoms with Gasteiger partial charge in [0.2, 0.25) is 0 Å². The molecule has 0 amide bonds. The van der Waals surface area contributed by atoms with Crippen LogP contribution >= 0.6 is 23.2 Å². The fourth-order valence-corrected chi connectivity index (χ4v) is 1.45. The van der Waals surface area contributed by atoms with Crippen LogP contribution in [-0.4, -0.2) is 13.2 Å². The molecule has 1 aromatic carbocycles. The maximum absolute atomic E-state index is 6.01. The fraction of sp³-hybridized carbons (Fsp3) is 0.273. The largest absolute Gasteiger partial charge is 0.486 e. The predicted octanol–water partition coefficient (Wildman–Crippen LogP) is 2.97. The molecule has 0 heterocycles. The van der Waals surface area contributed by atoms with Gasteiger partial charge in [-0.2, -0.15) is 0 Å². The molecule has 2 nitrogen and oxygen atoms in total. The zero-order chi connectivity index (χ0) is 11.3. The first-order chi connectivity index (χ1) is 7.13. The Morgan fingerprint density at radius 2 is 2.20 bits per heavy atom. The molecule has 1 aromatic rings. The minimum atomic E-state index is 0.261. The molecule has 1 rings (SSSR count). The van der Waals surface area contributed by atoms with E-state index in [9.17, 15) is 0 Å². The molecule has 0 bridgehead atoms. The van der Waals surface area contributed by atoms with Crippen molar-refractivity contribution in [2.24, 2.45) is 5.73 Å². The highest BCUT2D eigenvalue weighted by atomic mass is 35.5. The quantitative estimate of drug-likeness (QED) is 0.866. The van der Waals surface area contributed by atoms with Crippen LogP contribution in [0, 0.1) is 0 Å². The standard InChI is InChI=1S/C11H13Cl2NO/c1-8(12)7-15-11-3-2-9(4-5-14)6-10(11)13/h2-3,6H,1,4-5,7,14H2. The van der Waals surface area contributed by atoms with Gasteiger partial charge in [0.1, 0.15) is 12.4 Å². The van der Waals surface area contributed by atoms with E-state index < -0.39 is 0 Å². The Labute approximate surface area is 99.6 Å². The van der Waals surface area contributed by atoms with Crippen molar-refractivity contribution in [2.75, 3.05) is 13.2 Å². The smallest absolute Gasteiger partial charge is 0.138 e. The van der Waals surface area contributed by atoms with E-state index in [0.29, 0.717) is 22.3 Å². The average Bonchev–Trinajstić information content (AvgIpc) is 2.17. The van der Waals surface area contributed by atoms with E-state index in [1.54, 1.807) is 0 Å². The number of rotatable bonds is 5. The summed E-state index contributed by atoms with van der Waals surface area (Å²) in [7, 11) is 0. The molecule has 0 spiro atoms. The van der Waals surface area contributed by atoms with Gasteiger partial charge < -0.3 is 10.5 Å². The molecule has 0 aliphatic carbocycles. The summed E-state index contributed by atoms with van der Waals surface area (Å²) in [5, 5.41) is 1.01. The van der Waals surface area contributed by atoms with Gasteiger partial charge >= 0.3 is 0 Å². The van der Waals surface area contributed by atoms with Crippen LogP contribution in [0.15, 0.2) is 29.8 Å². The lowest BCUT2D eigenvalue weighted by atomic mass is 10.1. The molecule has 0 radical (unpaired) electrons. The van der Waals surface area contributed by atoms with Crippen LogP contribution in [0.2, 0.25) is 5.02 Å². The third-order valence-corrected chi connectivity index (χ3v) is 2.22. The molecule has 0 aliphatic rings. The first kappa shape index (κ1) is 12.4. The van der Waals surface area contributed by atoms with E-state index >= 15 is 0 Å². The Kier molecular flexibility index (Phi) is 4.95. The van der Waals surface area contributed by atoms with Crippen LogP contribution in [0.5, 0.6) is 5.75 Å². The zero-order valence-corrected chi connectivity index (χ0v) is 9.81. The van der Waals surface area contributed by atoms with Gasteiger partial charge in [-0.25, -0.2) is 0 Å². The zero-order valence-electron chi connectivity index (χ0n) is 8.30. The number of halogens is 2. The molecule has 0 unspecified atom stereocenters. The second kappa shape index (κ2) is 6.01. The summed E-state index contributed by atoms with van der Waals surface area (Å²) >= 11 is 11.6.